The molecule has 0 saturated heterocycles. The Morgan fingerprint density at radius 3 is 2.54 bits per heavy atom. The van der Waals surface area contributed by atoms with Gasteiger partial charge >= 0.3 is 0 Å². The van der Waals surface area contributed by atoms with Gasteiger partial charge in [-0.2, -0.15) is 4.98 Å². The predicted octanol–water partition coefficient (Wildman–Crippen LogP) is 4.05. The maximum Gasteiger partial charge on any atom is 0.247 e. The van der Waals surface area contributed by atoms with Gasteiger partial charge in [0.25, 0.3) is 0 Å². The molecule has 0 radical (unpaired) electrons. The van der Waals surface area contributed by atoms with Crippen LogP contribution in [0.4, 0.5) is 0 Å². The molecular weight excluding hydrogens is 384 g/mol. The molecule has 0 fully saturated rings. The zero-order chi connectivity index (χ0) is 19.5. The molecule has 28 heavy (non-hydrogen) atoms. The van der Waals surface area contributed by atoms with Crippen LogP contribution in [-0.2, 0) is 6.42 Å². The SMILES string of the molecule is COc1cccc(-c2noc(Cc3nnc(-c4ccc(Cl)cc4)o3)n2)c1OC. The first-order valence-electron chi connectivity index (χ1n) is 8.30. The number of hydrogen-bond acceptors (Lipinski definition) is 8. The van der Waals surface area contributed by atoms with Gasteiger partial charge in [-0.05, 0) is 36.4 Å². The maximum absolute atomic E-state index is 5.89. The first kappa shape index (κ1) is 18.0. The summed E-state index contributed by atoms with van der Waals surface area (Å²) in [5.41, 5.74) is 1.43. The molecule has 0 amide bonds. The summed E-state index contributed by atoms with van der Waals surface area (Å²) < 4.78 is 21.7. The smallest absolute Gasteiger partial charge is 0.247 e. The second-order valence-corrected chi connectivity index (χ2v) is 6.17. The average Bonchev–Trinajstić information content (AvgIpc) is 3.38. The molecule has 142 valence electrons. The summed E-state index contributed by atoms with van der Waals surface area (Å²) in [6, 6.07) is 12.6. The second kappa shape index (κ2) is 7.69. The van der Waals surface area contributed by atoms with Gasteiger partial charge in [-0.25, -0.2) is 0 Å². The zero-order valence-electron chi connectivity index (χ0n) is 15.0. The lowest BCUT2D eigenvalue weighted by Gasteiger charge is -2.09. The number of methoxy groups -OCH3 is 2. The molecule has 0 atom stereocenters. The zero-order valence-corrected chi connectivity index (χ0v) is 15.8. The monoisotopic (exact) mass is 398 g/mol. The molecule has 9 heteroatoms. The van der Waals surface area contributed by atoms with Gasteiger partial charge in [0.2, 0.25) is 23.5 Å². The van der Waals surface area contributed by atoms with Gasteiger partial charge in [0.1, 0.15) is 6.42 Å². The number of rotatable bonds is 6. The van der Waals surface area contributed by atoms with Gasteiger partial charge in [0, 0.05) is 10.6 Å². The summed E-state index contributed by atoms with van der Waals surface area (Å²) in [5, 5.41) is 12.7. The molecular formula is C19H15ClN4O4. The molecule has 0 saturated carbocycles. The van der Waals surface area contributed by atoms with Crippen LogP contribution in [0.2, 0.25) is 5.02 Å². The molecule has 0 aliphatic carbocycles. The molecule has 4 rings (SSSR count). The maximum atomic E-state index is 5.89. The molecule has 2 aromatic heterocycles. The molecule has 0 aliphatic heterocycles. The van der Waals surface area contributed by atoms with Gasteiger partial charge in [-0.3, -0.25) is 0 Å². The molecule has 0 spiro atoms. The standard InChI is InChI=1S/C19H15ClN4O4/c1-25-14-5-3-4-13(17(14)26-2)18-21-15(28-24-18)10-16-22-23-19(27-16)11-6-8-12(20)9-7-11/h3-9H,10H2,1-2H3. The van der Waals surface area contributed by atoms with Crippen LogP contribution in [0.25, 0.3) is 22.8 Å². The van der Waals surface area contributed by atoms with Crippen LogP contribution in [0.15, 0.2) is 51.4 Å². The fourth-order valence-electron chi connectivity index (χ4n) is 2.66. The van der Waals surface area contributed by atoms with Crippen molar-refractivity contribution in [1.82, 2.24) is 20.3 Å². The minimum atomic E-state index is 0.208. The van der Waals surface area contributed by atoms with E-state index in [-0.39, 0.29) is 6.42 Å². The van der Waals surface area contributed by atoms with Gasteiger partial charge < -0.3 is 18.4 Å². The third-order valence-electron chi connectivity index (χ3n) is 3.97. The molecule has 0 N–H and O–H groups in total. The fraction of sp³-hybridized carbons (Fsp3) is 0.158. The van der Waals surface area contributed by atoms with E-state index in [4.69, 9.17) is 30.0 Å². The number of halogens is 1. The highest BCUT2D eigenvalue weighted by molar-refractivity contribution is 6.30. The molecule has 0 bridgehead atoms. The van der Waals surface area contributed by atoms with Crippen LogP contribution in [0.5, 0.6) is 11.5 Å². The lowest BCUT2D eigenvalue weighted by Crippen LogP contribution is -1.94. The van der Waals surface area contributed by atoms with E-state index < -0.39 is 0 Å². The summed E-state index contributed by atoms with van der Waals surface area (Å²) in [5.74, 6) is 2.57. The largest absolute Gasteiger partial charge is 0.493 e. The van der Waals surface area contributed by atoms with E-state index in [2.05, 4.69) is 20.3 Å². The Labute approximate surface area is 165 Å². The van der Waals surface area contributed by atoms with E-state index >= 15 is 0 Å². The molecule has 8 nitrogen and oxygen atoms in total. The van der Waals surface area contributed by atoms with E-state index in [1.54, 1.807) is 44.6 Å². The predicted molar refractivity (Wildman–Crippen MR) is 100 cm³/mol. The number of aromatic nitrogens is 4. The van der Waals surface area contributed by atoms with Gasteiger partial charge in [-0.15, -0.1) is 10.2 Å². The Morgan fingerprint density at radius 1 is 0.964 bits per heavy atom. The van der Waals surface area contributed by atoms with E-state index in [0.717, 1.165) is 5.56 Å². The van der Waals surface area contributed by atoms with E-state index in [0.29, 0.717) is 45.6 Å². The number of nitrogens with zero attached hydrogens (tertiary/aromatic N) is 4. The quantitative estimate of drug-likeness (QED) is 0.480. The Bertz CT molecular complexity index is 1090. The Kier molecular flexibility index (Phi) is 4.94. The first-order valence-corrected chi connectivity index (χ1v) is 8.68. The van der Waals surface area contributed by atoms with Gasteiger partial charge in [-0.1, -0.05) is 22.8 Å². The average molecular weight is 399 g/mol. The number of ether oxygens (including phenoxy) is 2. The van der Waals surface area contributed by atoms with E-state index in [1.165, 1.54) is 0 Å². The van der Waals surface area contributed by atoms with Crippen LogP contribution in [0.1, 0.15) is 11.8 Å². The van der Waals surface area contributed by atoms with Crippen molar-refractivity contribution >= 4 is 11.6 Å². The van der Waals surface area contributed by atoms with Crippen molar-refractivity contribution in [3.63, 3.8) is 0 Å². The number of hydrogen-bond donors (Lipinski definition) is 0. The van der Waals surface area contributed by atoms with Crippen molar-refractivity contribution in [1.29, 1.82) is 0 Å². The van der Waals surface area contributed by atoms with E-state index in [1.807, 2.05) is 12.1 Å². The van der Waals surface area contributed by atoms with Crippen molar-refractivity contribution < 1.29 is 18.4 Å². The highest BCUT2D eigenvalue weighted by Crippen LogP contribution is 2.36. The topological polar surface area (TPSA) is 96.3 Å². The normalized spacial score (nSPS) is 10.8. The number of para-hydroxylation sites is 1. The molecule has 2 heterocycles. The third-order valence-corrected chi connectivity index (χ3v) is 4.22. The molecule has 4 aromatic rings. The summed E-state index contributed by atoms with van der Waals surface area (Å²) in [6.45, 7) is 0. The lowest BCUT2D eigenvalue weighted by atomic mass is 10.1. The van der Waals surface area contributed by atoms with Crippen LogP contribution < -0.4 is 9.47 Å². The highest BCUT2D eigenvalue weighted by atomic mass is 35.5. The summed E-state index contributed by atoms with van der Waals surface area (Å²) in [6.07, 6.45) is 0.208. The van der Waals surface area contributed by atoms with Crippen LogP contribution in [0, 0.1) is 0 Å². The Balaban J connectivity index is 1.56. The second-order valence-electron chi connectivity index (χ2n) is 5.74. The summed E-state index contributed by atoms with van der Waals surface area (Å²) in [4.78, 5) is 4.39. The van der Waals surface area contributed by atoms with Gasteiger partial charge in [0.15, 0.2) is 11.5 Å². The fourth-order valence-corrected chi connectivity index (χ4v) is 2.79. The third kappa shape index (κ3) is 3.54. The van der Waals surface area contributed by atoms with Crippen LogP contribution in [-0.4, -0.2) is 34.6 Å². The molecule has 0 aliphatic rings. The van der Waals surface area contributed by atoms with Crippen LogP contribution >= 0.6 is 11.6 Å². The highest BCUT2D eigenvalue weighted by Gasteiger charge is 2.18. The van der Waals surface area contributed by atoms with Crippen molar-refractivity contribution in [3.8, 4) is 34.3 Å². The summed E-state index contributed by atoms with van der Waals surface area (Å²) in [7, 11) is 3.12. The van der Waals surface area contributed by atoms with Crippen molar-refractivity contribution in [2.75, 3.05) is 14.2 Å². The van der Waals surface area contributed by atoms with Gasteiger partial charge in [0.05, 0.1) is 19.8 Å². The Morgan fingerprint density at radius 2 is 1.79 bits per heavy atom. The van der Waals surface area contributed by atoms with Crippen molar-refractivity contribution in [2.45, 2.75) is 6.42 Å². The first-order chi connectivity index (χ1) is 13.7. The minimum Gasteiger partial charge on any atom is -0.493 e. The van der Waals surface area contributed by atoms with Crippen LogP contribution in [0.3, 0.4) is 0 Å². The summed E-state index contributed by atoms with van der Waals surface area (Å²) >= 11 is 5.89. The lowest BCUT2D eigenvalue weighted by molar-refractivity contribution is 0.355. The van der Waals surface area contributed by atoms with Crippen molar-refractivity contribution in [2.24, 2.45) is 0 Å². The minimum absolute atomic E-state index is 0.208. The van der Waals surface area contributed by atoms with E-state index in [9.17, 15) is 0 Å². The molecule has 0 unspecified atom stereocenters. The van der Waals surface area contributed by atoms with Crippen molar-refractivity contribution in [3.05, 3.63) is 59.3 Å². The Hall–Kier alpha value is -3.39. The molecule has 2 aromatic carbocycles. The number of benzene rings is 2.